The zero-order valence-electron chi connectivity index (χ0n) is 34.3. The summed E-state index contributed by atoms with van der Waals surface area (Å²) in [5, 5.41) is 29.0. The second kappa shape index (κ2) is 36.5. The average Bonchev–Trinajstić information content (AvgIpc) is 3.10. The Bertz CT molecular complexity index is 836. The molecule has 0 spiro atoms. The number of aliphatic hydroxyl groups excluding tert-OH is 3. The molecule has 3 unspecified atom stereocenters. The van der Waals surface area contributed by atoms with Crippen LogP contribution in [0.1, 0.15) is 181 Å². The SMILES string of the molecule is CCCCCCCCCCCCC/C=C/C(=O)OC(COC(=O)CCCCCCCCCCCCCCC)C[N+](C)(C)CC(O)COCC(O)CO. The van der Waals surface area contributed by atoms with Gasteiger partial charge in [-0.25, -0.2) is 4.79 Å². The van der Waals surface area contributed by atoms with Crippen molar-refractivity contribution in [3.63, 3.8) is 0 Å². The Balaban J connectivity index is 4.59. The largest absolute Gasteiger partial charge is 0.461 e. The number of likely N-dealkylation sites (N-methyl/N-ethyl adjacent to an activating group) is 1. The molecule has 0 aromatic rings. The summed E-state index contributed by atoms with van der Waals surface area (Å²) < 4.78 is 17.0. The molecule has 0 saturated carbocycles. The Morgan fingerprint density at radius 1 is 0.596 bits per heavy atom. The van der Waals surface area contributed by atoms with E-state index in [0.29, 0.717) is 24.0 Å². The number of rotatable bonds is 39. The van der Waals surface area contributed by atoms with Crippen LogP contribution in [-0.2, 0) is 23.8 Å². The van der Waals surface area contributed by atoms with Crippen LogP contribution in [-0.4, -0.2) is 104 Å². The summed E-state index contributed by atoms with van der Waals surface area (Å²) in [7, 11) is 3.81. The van der Waals surface area contributed by atoms with Crippen LogP contribution in [0.5, 0.6) is 0 Å². The maximum Gasteiger partial charge on any atom is 0.331 e. The Morgan fingerprint density at radius 2 is 1.04 bits per heavy atom. The second-order valence-electron chi connectivity index (χ2n) is 15.8. The van der Waals surface area contributed by atoms with Crippen molar-refractivity contribution in [1.29, 1.82) is 0 Å². The minimum Gasteiger partial charge on any atom is -0.461 e. The summed E-state index contributed by atoms with van der Waals surface area (Å²) in [6.07, 6.45) is 32.3. The van der Waals surface area contributed by atoms with E-state index in [1.165, 1.54) is 128 Å². The zero-order valence-corrected chi connectivity index (χ0v) is 34.3. The normalized spacial score (nSPS) is 13.8. The van der Waals surface area contributed by atoms with Crippen molar-refractivity contribution in [2.75, 3.05) is 53.6 Å². The van der Waals surface area contributed by atoms with Crippen LogP contribution < -0.4 is 0 Å². The summed E-state index contributed by atoms with van der Waals surface area (Å²) >= 11 is 0. The number of esters is 2. The van der Waals surface area contributed by atoms with Gasteiger partial charge in [-0.3, -0.25) is 4.79 Å². The van der Waals surface area contributed by atoms with E-state index in [2.05, 4.69) is 13.8 Å². The molecule has 3 N–H and O–H groups in total. The van der Waals surface area contributed by atoms with E-state index in [1.807, 2.05) is 20.2 Å². The van der Waals surface area contributed by atoms with Crippen LogP contribution in [0.25, 0.3) is 0 Å². The second-order valence-corrected chi connectivity index (χ2v) is 15.8. The van der Waals surface area contributed by atoms with Gasteiger partial charge in [-0.2, -0.15) is 0 Å². The van der Waals surface area contributed by atoms with Crippen molar-refractivity contribution in [2.45, 2.75) is 199 Å². The lowest BCUT2D eigenvalue weighted by atomic mass is 10.0. The maximum atomic E-state index is 12.8. The van der Waals surface area contributed by atoms with Crippen molar-refractivity contribution >= 4 is 11.9 Å². The molecule has 0 amide bonds. The standard InChI is InChI=1S/C43H84NO8/c1-5-7-9-11-13-15-17-19-21-23-25-27-29-31-42(48)51-38-41(34-44(3,4)33-39(46)36-50-37-40(47)35-45)52-43(49)32-30-28-26-24-22-20-18-16-14-12-10-8-6-2/h30,32,39-41,45-47H,5-29,31,33-38H2,1-4H3/q+1/b32-30+. The highest BCUT2D eigenvalue weighted by Gasteiger charge is 2.29. The van der Waals surface area contributed by atoms with Gasteiger partial charge >= 0.3 is 11.9 Å². The number of allylic oxidation sites excluding steroid dienone is 1. The van der Waals surface area contributed by atoms with Gasteiger partial charge in [-0.05, 0) is 19.3 Å². The highest BCUT2D eigenvalue weighted by molar-refractivity contribution is 5.82. The molecule has 0 heterocycles. The third-order valence-electron chi connectivity index (χ3n) is 9.66. The van der Waals surface area contributed by atoms with E-state index >= 15 is 0 Å². The number of unbranched alkanes of at least 4 members (excludes halogenated alkanes) is 23. The van der Waals surface area contributed by atoms with E-state index in [0.717, 1.165) is 38.5 Å². The number of carbonyl (C=O) groups is 2. The molecule has 0 rings (SSSR count). The van der Waals surface area contributed by atoms with Crippen molar-refractivity contribution in [1.82, 2.24) is 0 Å². The van der Waals surface area contributed by atoms with Crippen LogP contribution in [0.4, 0.5) is 0 Å². The fraction of sp³-hybridized carbons (Fsp3) is 0.907. The van der Waals surface area contributed by atoms with Gasteiger partial charge in [0.1, 0.15) is 31.9 Å². The van der Waals surface area contributed by atoms with Crippen LogP contribution in [0.2, 0.25) is 0 Å². The molecule has 9 heteroatoms. The number of carbonyl (C=O) groups excluding carboxylic acids is 2. The van der Waals surface area contributed by atoms with Crippen molar-refractivity contribution in [3.8, 4) is 0 Å². The quantitative estimate of drug-likeness (QED) is 0.0247. The lowest BCUT2D eigenvalue weighted by Crippen LogP contribution is -2.52. The molecule has 0 aromatic heterocycles. The summed E-state index contributed by atoms with van der Waals surface area (Å²) in [6, 6.07) is 0. The van der Waals surface area contributed by atoms with Gasteiger partial charge in [0.05, 0.1) is 33.9 Å². The Hall–Kier alpha value is -1.52. The number of hydrogen-bond acceptors (Lipinski definition) is 8. The molecular formula is C43H84NO8+. The molecule has 0 aliphatic heterocycles. The van der Waals surface area contributed by atoms with Crippen LogP contribution >= 0.6 is 0 Å². The molecule has 0 saturated heterocycles. The first kappa shape index (κ1) is 50.5. The molecule has 0 fully saturated rings. The first-order chi connectivity index (χ1) is 25.1. The van der Waals surface area contributed by atoms with Gasteiger partial charge < -0.3 is 34.0 Å². The summed E-state index contributed by atoms with van der Waals surface area (Å²) in [5.74, 6) is -0.736. The number of quaternary nitrogens is 1. The smallest absolute Gasteiger partial charge is 0.331 e. The third-order valence-corrected chi connectivity index (χ3v) is 9.66. The van der Waals surface area contributed by atoms with Crippen LogP contribution in [0.15, 0.2) is 12.2 Å². The Labute approximate surface area is 319 Å². The van der Waals surface area contributed by atoms with E-state index in [4.69, 9.17) is 19.3 Å². The van der Waals surface area contributed by atoms with Crippen LogP contribution in [0, 0.1) is 0 Å². The number of hydrogen-bond donors (Lipinski definition) is 3. The molecule has 0 aromatic carbocycles. The number of nitrogens with zero attached hydrogens (tertiary/aromatic N) is 1. The minimum atomic E-state index is -0.990. The summed E-state index contributed by atoms with van der Waals surface area (Å²) in [6.45, 7) is 4.63. The predicted molar refractivity (Wildman–Crippen MR) is 213 cm³/mol. The molecule has 0 aliphatic carbocycles. The van der Waals surface area contributed by atoms with E-state index < -0.39 is 30.9 Å². The lowest BCUT2D eigenvalue weighted by molar-refractivity contribution is -0.896. The van der Waals surface area contributed by atoms with E-state index in [9.17, 15) is 19.8 Å². The van der Waals surface area contributed by atoms with Gasteiger partial charge in [0, 0.05) is 12.5 Å². The first-order valence-electron chi connectivity index (χ1n) is 21.5. The molecular weight excluding hydrogens is 658 g/mol. The van der Waals surface area contributed by atoms with Gasteiger partial charge in [0.15, 0.2) is 6.10 Å². The average molecular weight is 743 g/mol. The monoisotopic (exact) mass is 743 g/mol. The minimum absolute atomic E-state index is 0.000902. The first-order valence-corrected chi connectivity index (χ1v) is 21.5. The molecule has 3 atom stereocenters. The third kappa shape index (κ3) is 35.5. The van der Waals surface area contributed by atoms with Gasteiger partial charge in [0.2, 0.25) is 0 Å². The summed E-state index contributed by atoms with van der Waals surface area (Å²) in [5.41, 5.74) is 0. The van der Waals surface area contributed by atoms with Crippen molar-refractivity contribution in [2.24, 2.45) is 0 Å². The van der Waals surface area contributed by atoms with E-state index in [-0.39, 0.29) is 25.8 Å². The molecule has 0 radical (unpaired) electrons. The van der Waals surface area contributed by atoms with Gasteiger partial charge in [-0.1, -0.05) is 161 Å². The fourth-order valence-electron chi connectivity index (χ4n) is 6.62. The van der Waals surface area contributed by atoms with E-state index in [1.54, 1.807) is 0 Å². The van der Waals surface area contributed by atoms with Crippen molar-refractivity contribution in [3.05, 3.63) is 12.2 Å². The number of aliphatic hydroxyl groups is 3. The molecule has 52 heavy (non-hydrogen) atoms. The predicted octanol–water partition coefficient (Wildman–Crippen LogP) is 8.99. The molecule has 9 nitrogen and oxygen atoms in total. The van der Waals surface area contributed by atoms with Crippen molar-refractivity contribution < 1.29 is 43.6 Å². The Kier molecular flexibility index (Phi) is 35.4. The zero-order chi connectivity index (χ0) is 38.5. The molecule has 308 valence electrons. The Morgan fingerprint density at radius 3 is 1.52 bits per heavy atom. The van der Waals surface area contributed by atoms with Crippen LogP contribution in [0.3, 0.4) is 0 Å². The molecule has 0 bridgehead atoms. The molecule has 0 aliphatic rings. The highest BCUT2D eigenvalue weighted by Crippen LogP contribution is 2.15. The highest BCUT2D eigenvalue weighted by atomic mass is 16.6. The topological polar surface area (TPSA) is 123 Å². The fourth-order valence-corrected chi connectivity index (χ4v) is 6.62. The number of ether oxygens (including phenoxy) is 3. The lowest BCUT2D eigenvalue weighted by Gasteiger charge is -2.34. The van der Waals surface area contributed by atoms with Gasteiger partial charge in [0.25, 0.3) is 0 Å². The maximum absolute atomic E-state index is 12.8. The van der Waals surface area contributed by atoms with Gasteiger partial charge in [-0.15, -0.1) is 0 Å². The summed E-state index contributed by atoms with van der Waals surface area (Å²) in [4.78, 5) is 25.4.